The molecule has 0 aliphatic heterocycles. The fourth-order valence-electron chi connectivity index (χ4n) is 2.61. The monoisotopic (exact) mass is 382 g/mol. The van der Waals surface area contributed by atoms with Crippen LogP contribution >= 0.6 is 0 Å². The van der Waals surface area contributed by atoms with Crippen molar-refractivity contribution < 1.29 is 9.59 Å². The molecule has 0 radical (unpaired) electrons. The second-order valence-corrected chi connectivity index (χ2v) is 7.17. The van der Waals surface area contributed by atoms with Gasteiger partial charge in [0.15, 0.2) is 0 Å². The Bertz CT molecular complexity index is 745. The number of nitrogens with zero attached hydrogens (tertiary/aromatic N) is 1. The molecule has 0 aromatic heterocycles. The molecule has 3 N–H and O–H groups in total. The van der Waals surface area contributed by atoms with Gasteiger partial charge in [-0.05, 0) is 48.7 Å². The summed E-state index contributed by atoms with van der Waals surface area (Å²) in [6.45, 7) is 6.17. The number of para-hydroxylation sites is 1. The number of benzene rings is 2. The van der Waals surface area contributed by atoms with Crippen LogP contribution in [0.15, 0.2) is 54.6 Å². The first-order valence-corrected chi connectivity index (χ1v) is 9.65. The number of nitrogens with one attached hydrogen (secondary N) is 3. The number of hydrogen-bond acceptors (Lipinski definition) is 3. The normalized spacial score (nSPS) is 10.4. The van der Waals surface area contributed by atoms with Gasteiger partial charge in [-0.25, -0.2) is 4.79 Å². The number of carbonyl (C=O) groups is 2. The Balaban J connectivity index is 1.69. The first kappa shape index (κ1) is 21.3. The van der Waals surface area contributed by atoms with E-state index in [2.05, 4.69) is 33.0 Å². The maximum atomic E-state index is 12.0. The zero-order valence-corrected chi connectivity index (χ0v) is 16.9. The quantitative estimate of drug-likeness (QED) is 0.579. The topological polar surface area (TPSA) is 73.5 Å². The molecule has 0 unspecified atom stereocenters. The van der Waals surface area contributed by atoms with Crippen molar-refractivity contribution >= 4 is 23.3 Å². The van der Waals surface area contributed by atoms with Crippen molar-refractivity contribution in [3.8, 4) is 0 Å². The van der Waals surface area contributed by atoms with Gasteiger partial charge in [0, 0.05) is 43.6 Å². The third kappa shape index (κ3) is 7.31. The second kappa shape index (κ2) is 11.0. The first-order chi connectivity index (χ1) is 13.5. The Labute approximate surface area is 167 Å². The fraction of sp³-hybridized carbons (Fsp3) is 0.364. The Hall–Kier alpha value is -3.02. The minimum atomic E-state index is -0.251. The van der Waals surface area contributed by atoms with E-state index in [0.717, 1.165) is 18.7 Å². The molecule has 0 spiro atoms. The summed E-state index contributed by atoms with van der Waals surface area (Å²) in [5.74, 6) is 0.299. The summed E-state index contributed by atoms with van der Waals surface area (Å²) in [6.07, 6.45) is 0.841. The molecular weight excluding hydrogens is 352 g/mol. The zero-order valence-electron chi connectivity index (χ0n) is 16.9. The van der Waals surface area contributed by atoms with Gasteiger partial charge in [-0.1, -0.05) is 32.0 Å². The lowest BCUT2D eigenvalue weighted by molar-refractivity contribution is 0.0949. The molecule has 6 nitrogen and oxygen atoms in total. The van der Waals surface area contributed by atoms with Crippen LogP contribution in [0.25, 0.3) is 0 Å². The van der Waals surface area contributed by atoms with Crippen molar-refractivity contribution in [2.75, 3.05) is 36.9 Å². The predicted octanol–water partition coefficient (Wildman–Crippen LogP) is 3.72. The second-order valence-electron chi connectivity index (χ2n) is 7.17. The highest BCUT2D eigenvalue weighted by Gasteiger charge is 2.07. The van der Waals surface area contributed by atoms with Crippen LogP contribution in [0.4, 0.5) is 16.2 Å². The fourth-order valence-corrected chi connectivity index (χ4v) is 2.61. The number of carbonyl (C=O) groups excluding carboxylic acids is 2. The van der Waals surface area contributed by atoms with Crippen molar-refractivity contribution in [3.63, 3.8) is 0 Å². The van der Waals surface area contributed by atoms with Crippen LogP contribution in [-0.4, -0.2) is 38.6 Å². The predicted molar refractivity (Wildman–Crippen MR) is 115 cm³/mol. The van der Waals surface area contributed by atoms with Crippen molar-refractivity contribution in [2.45, 2.75) is 20.3 Å². The van der Waals surface area contributed by atoms with Crippen LogP contribution in [0.2, 0.25) is 0 Å². The lowest BCUT2D eigenvalue weighted by Gasteiger charge is -2.19. The van der Waals surface area contributed by atoms with Crippen LogP contribution in [0, 0.1) is 5.92 Å². The number of urea groups is 1. The van der Waals surface area contributed by atoms with E-state index in [1.165, 1.54) is 0 Å². The minimum absolute atomic E-state index is 0.104. The molecule has 3 amide bonds. The van der Waals surface area contributed by atoms with Gasteiger partial charge in [-0.2, -0.15) is 0 Å². The van der Waals surface area contributed by atoms with E-state index in [-0.39, 0.29) is 11.9 Å². The molecule has 150 valence electrons. The largest absolute Gasteiger partial charge is 0.375 e. The number of rotatable bonds is 9. The van der Waals surface area contributed by atoms with Gasteiger partial charge in [-0.3, -0.25) is 4.79 Å². The maximum absolute atomic E-state index is 12.0. The molecule has 0 bridgehead atoms. The molecule has 0 aliphatic carbocycles. The lowest BCUT2D eigenvalue weighted by Crippen LogP contribution is -2.31. The SMILES string of the molecule is CC(C)CNC(=O)c1ccc(NC(=O)NCCCN(C)c2ccccc2)cc1. The van der Waals surface area contributed by atoms with Crippen LogP contribution in [0.1, 0.15) is 30.6 Å². The Morgan fingerprint density at radius 2 is 1.64 bits per heavy atom. The summed E-state index contributed by atoms with van der Waals surface area (Å²) >= 11 is 0. The molecule has 2 aromatic carbocycles. The van der Waals surface area contributed by atoms with E-state index in [1.807, 2.05) is 39.1 Å². The molecule has 0 atom stereocenters. The van der Waals surface area contributed by atoms with Gasteiger partial charge in [0.2, 0.25) is 0 Å². The standard InChI is InChI=1S/C22H30N4O2/c1-17(2)16-24-21(27)18-10-12-19(13-11-18)25-22(28)23-14-7-15-26(3)20-8-5-4-6-9-20/h4-6,8-13,17H,7,14-16H2,1-3H3,(H,24,27)(H2,23,25,28). The van der Waals surface area contributed by atoms with Crippen molar-refractivity contribution in [3.05, 3.63) is 60.2 Å². The molecule has 0 aliphatic rings. The summed E-state index contributed by atoms with van der Waals surface area (Å²) in [5.41, 5.74) is 2.39. The summed E-state index contributed by atoms with van der Waals surface area (Å²) in [5, 5.41) is 8.51. The lowest BCUT2D eigenvalue weighted by atomic mass is 10.1. The van der Waals surface area contributed by atoms with E-state index in [1.54, 1.807) is 24.3 Å². The summed E-state index contributed by atoms with van der Waals surface area (Å²) in [7, 11) is 2.04. The Morgan fingerprint density at radius 1 is 0.964 bits per heavy atom. The minimum Gasteiger partial charge on any atom is -0.375 e. The van der Waals surface area contributed by atoms with Crippen molar-refractivity contribution in [1.29, 1.82) is 0 Å². The maximum Gasteiger partial charge on any atom is 0.319 e. The van der Waals surface area contributed by atoms with E-state index in [4.69, 9.17) is 0 Å². The summed E-state index contributed by atoms with van der Waals surface area (Å²) in [6, 6.07) is 16.8. The van der Waals surface area contributed by atoms with Gasteiger partial charge in [0.1, 0.15) is 0 Å². The molecular formula is C22H30N4O2. The summed E-state index contributed by atoms with van der Waals surface area (Å²) < 4.78 is 0. The summed E-state index contributed by atoms with van der Waals surface area (Å²) in [4.78, 5) is 26.2. The van der Waals surface area contributed by atoms with Gasteiger partial charge in [0.05, 0.1) is 0 Å². The van der Waals surface area contributed by atoms with E-state index in [9.17, 15) is 9.59 Å². The van der Waals surface area contributed by atoms with Crippen molar-refractivity contribution in [2.24, 2.45) is 5.92 Å². The number of anilines is 2. The highest BCUT2D eigenvalue weighted by Crippen LogP contribution is 2.11. The smallest absolute Gasteiger partial charge is 0.319 e. The average molecular weight is 383 g/mol. The van der Waals surface area contributed by atoms with Gasteiger partial charge < -0.3 is 20.9 Å². The molecule has 2 aromatic rings. The first-order valence-electron chi connectivity index (χ1n) is 9.65. The zero-order chi connectivity index (χ0) is 20.4. The molecule has 0 heterocycles. The van der Waals surface area contributed by atoms with Crippen LogP contribution in [-0.2, 0) is 0 Å². The Kier molecular flexibility index (Phi) is 8.34. The molecule has 28 heavy (non-hydrogen) atoms. The average Bonchev–Trinajstić information content (AvgIpc) is 2.70. The van der Waals surface area contributed by atoms with Crippen molar-refractivity contribution in [1.82, 2.24) is 10.6 Å². The van der Waals surface area contributed by atoms with E-state index >= 15 is 0 Å². The van der Waals surface area contributed by atoms with Gasteiger partial charge in [-0.15, -0.1) is 0 Å². The van der Waals surface area contributed by atoms with E-state index < -0.39 is 0 Å². The molecule has 2 rings (SSSR count). The number of amides is 3. The molecule has 0 saturated carbocycles. The van der Waals surface area contributed by atoms with E-state index in [0.29, 0.717) is 30.3 Å². The number of hydrogen-bond donors (Lipinski definition) is 3. The third-order valence-corrected chi connectivity index (χ3v) is 4.23. The van der Waals surface area contributed by atoms with Crippen LogP contribution < -0.4 is 20.9 Å². The van der Waals surface area contributed by atoms with Gasteiger partial charge in [0.25, 0.3) is 5.91 Å². The third-order valence-electron chi connectivity index (χ3n) is 4.23. The highest BCUT2D eigenvalue weighted by atomic mass is 16.2. The van der Waals surface area contributed by atoms with Crippen LogP contribution in [0.5, 0.6) is 0 Å². The van der Waals surface area contributed by atoms with Gasteiger partial charge >= 0.3 is 6.03 Å². The molecule has 6 heteroatoms. The molecule has 0 fully saturated rings. The molecule has 0 saturated heterocycles. The highest BCUT2D eigenvalue weighted by molar-refractivity contribution is 5.95. The Morgan fingerprint density at radius 3 is 2.29 bits per heavy atom. The van der Waals surface area contributed by atoms with Crippen LogP contribution in [0.3, 0.4) is 0 Å².